The van der Waals surface area contributed by atoms with Gasteiger partial charge in [0.2, 0.25) is 0 Å². The number of aliphatic hydroxyl groups excluding tert-OH is 1. The van der Waals surface area contributed by atoms with Crippen LogP contribution in [-0.4, -0.2) is 34.8 Å². The first-order valence-electron chi connectivity index (χ1n) is 6.45. The number of aryl methyl sites for hydroxylation is 1. The Labute approximate surface area is 108 Å². The van der Waals surface area contributed by atoms with Gasteiger partial charge in [-0.3, -0.25) is 0 Å². The highest BCUT2D eigenvalue weighted by atomic mass is 16.3. The van der Waals surface area contributed by atoms with Crippen molar-refractivity contribution >= 4 is 11.6 Å². The lowest BCUT2D eigenvalue weighted by Gasteiger charge is -2.23. The van der Waals surface area contributed by atoms with Crippen molar-refractivity contribution in [3.63, 3.8) is 0 Å². The molecule has 0 spiro atoms. The molecule has 0 saturated heterocycles. The lowest BCUT2D eigenvalue weighted by molar-refractivity contribution is 0.301. The molecular weight excluding hydrogens is 230 g/mol. The number of hydrogen-bond acceptors (Lipinski definition) is 6. The summed E-state index contributed by atoms with van der Waals surface area (Å²) in [4.78, 5) is 10.8. The van der Waals surface area contributed by atoms with E-state index in [4.69, 9.17) is 10.9 Å². The highest BCUT2D eigenvalue weighted by Crippen LogP contribution is 2.16. The van der Waals surface area contributed by atoms with E-state index >= 15 is 0 Å². The van der Waals surface area contributed by atoms with Crippen LogP contribution in [0.1, 0.15) is 32.5 Å². The average molecular weight is 253 g/mol. The van der Waals surface area contributed by atoms with Gasteiger partial charge in [0.05, 0.1) is 6.61 Å². The second-order valence-electron chi connectivity index (χ2n) is 4.09. The molecule has 0 aliphatic heterocycles. The van der Waals surface area contributed by atoms with Crippen LogP contribution in [0.25, 0.3) is 0 Å². The summed E-state index contributed by atoms with van der Waals surface area (Å²) >= 11 is 0. The number of nitrogen functional groups attached to an aromatic ring is 1. The largest absolute Gasteiger partial charge is 0.395 e. The Kier molecular flexibility index (Phi) is 6.38. The van der Waals surface area contributed by atoms with Crippen LogP contribution >= 0.6 is 0 Å². The molecular formula is C12H23N5O. The number of nitrogens with two attached hydrogens (primary N) is 1. The lowest BCUT2D eigenvalue weighted by Crippen LogP contribution is -2.29. The number of unbranched alkanes of at least 4 members (excludes halogenated alkanes) is 1. The molecule has 0 fully saturated rings. The zero-order valence-electron chi connectivity index (χ0n) is 11.2. The topological polar surface area (TPSA) is 87.3 Å². The van der Waals surface area contributed by atoms with Crippen LogP contribution < -0.4 is 16.2 Å². The van der Waals surface area contributed by atoms with Gasteiger partial charge in [-0.05, 0) is 6.42 Å². The van der Waals surface area contributed by atoms with Gasteiger partial charge in [0.15, 0.2) is 0 Å². The highest BCUT2D eigenvalue weighted by molar-refractivity contribution is 5.48. The fraction of sp³-hybridized carbons (Fsp3) is 0.667. The summed E-state index contributed by atoms with van der Waals surface area (Å²) in [5.41, 5.74) is 2.55. The van der Waals surface area contributed by atoms with Crippen LogP contribution in [0.5, 0.6) is 0 Å². The van der Waals surface area contributed by atoms with Crippen molar-refractivity contribution in [2.75, 3.05) is 30.0 Å². The van der Waals surface area contributed by atoms with Gasteiger partial charge >= 0.3 is 0 Å². The number of hydrazine groups is 1. The van der Waals surface area contributed by atoms with E-state index in [0.717, 1.165) is 37.4 Å². The molecule has 18 heavy (non-hydrogen) atoms. The van der Waals surface area contributed by atoms with E-state index in [0.29, 0.717) is 12.4 Å². The molecule has 0 aliphatic rings. The first-order chi connectivity index (χ1) is 8.74. The number of aromatic nitrogens is 2. The molecule has 6 nitrogen and oxygen atoms in total. The maximum atomic E-state index is 9.12. The van der Waals surface area contributed by atoms with Gasteiger partial charge in [0.1, 0.15) is 17.5 Å². The number of rotatable bonds is 8. The van der Waals surface area contributed by atoms with Gasteiger partial charge in [-0.2, -0.15) is 0 Å². The average Bonchev–Trinajstić information content (AvgIpc) is 2.42. The normalized spacial score (nSPS) is 10.4. The predicted octanol–water partition coefficient (Wildman–Crippen LogP) is 0.923. The van der Waals surface area contributed by atoms with Gasteiger partial charge in [0, 0.05) is 25.6 Å². The molecule has 1 aromatic heterocycles. The van der Waals surface area contributed by atoms with Gasteiger partial charge in [0.25, 0.3) is 0 Å². The quantitative estimate of drug-likeness (QED) is 0.472. The Morgan fingerprint density at radius 1 is 1.33 bits per heavy atom. The summed E-state index contributed by atoms with van der Waals surface area (Å²) in [6.07, 6.45) is 2.93. The van der Waals surface area contributed by atoms with E-state index in [1.807, 2.05) is 13.0 Å². The fourth-order valence-electron chi connectivity index (χ4n) is 1.69. The smallest absolute Gasteiger partial charge is 0.145 e. The summed E-state index contributed by atoms with van der Waals surface area (Å²) < 4.78 is 0. The summed E-state index contributed by atoms with van der Waals surface area (Å²) in [6, 6.07) is 1.81. The van der Waals surface area contributed by atoms with Gasteiger partial charge in [-0.15, -0.1) is 0 Å². The van der Waals surface area contributed by atoms with Crippen molar-refractivity contribution < 1.29 is 5.11 Å². The SMILES string of the molecule is CCCCN(CCO)c1cc(NN)nc(CC)n1. The molecule has 0 atom stereocenters. The molecule has 0 aliphatic carbocycles. The molecule has 4 N–H and O–H groups in total. The summed E-state index contributed by atoms with van der Waals surface area (Å²) in [5.74, 6) is 7.58. The summed E-state index contributed by atoms with van der Waals surface area (Å²) in [5, 5.41) is 9.12. The van der Waals surface area contributed by atoms with Crippen molar-refractivity contribution in [3.8, 4) is 0 Å². The van der Waals surface area contributed by atoms with Crippen LogP contribution in [0.2, 0.25) is 0 Å². The molecule has 1 rings (SSSR count). The molecule has 1 heterocycles. The second-order valence-corrected chi connectivity index (χ2v) is 4.09. The van der Waals surface area contributed by atoms with E-state index in [9.17, 15) is 0 Å². The Morgan fingerprint density at radius 3 is 2.67 bits per heavy atom. The minimum Gasteiger partial charge on any atom is -0.395 e. The summed E-state index contributed by atoms with van der Waals surface area (Å²) in [6.45, 7) is 5.70. The third kappa shape index (κ3) is 4.12. The minimum absolute atomic E-state index is 0.112. The van der Waals surface area contributed by atoms with Crippen LogP contribution in [0.15, 0.2) is 6.07 Å². The number of aliphatic hydroxyl groups is 1. The molecule has 0 amide bonds. The predicted molar refractivity (Wildman–Crippen MR) is 73.4 cm³/mol. The Hall–Kier alpha value is -1.40. The van der Waals surface area contributed by atoms with Crippen LogP contribution in [-0.2, 0) is 6.42 Å². The third-order valence-corrected chi connectivity index (χ3v) is 2.70. The van der Waals surface area contributed by atoms with E-state index in [2.05, 4.69) is 27.2 Å². The van der Waals surface area contributed by atoms with E-state index in [1.54, 1.807) is 0 Å². The molecule has 0 saturated carbocycles. The lowest BCUT2D eigenvalue weighted by atomic mass is 10.3. The molecule has 0 bridgehead atoms. The third-order valence-electron chi connectivity index (χ3n) is 2.70. The Balaban J connectivity index is 2.93. The van der Waals surface area contributed by atoms with E-state index in [-0.39, 0.29) is 6.61 Å². The van der Waals surface area contributed by atoms with Crippen molar-refractivity contribution in [2.24, 2.45) is 5.84 Å². The van der Waals surface area contributed by atoms with Crippen LogP contribution in [0, 0.1) is 0 Å². The monoisotopic (exact) mass is 253 g/mol. The highest BCUT2D eigenvalue weighted by Gasteiger charge is 2.10. The van der Waals surface area contributed by atoms with Gasteiger partial charge < -0.3 is 15.4 Å². The molecule has 102 valence electrons. The molecule has 6 heteroatoms. The zero-order valence-corrected chi connectivity index (χ0v) is 11.2. The number of nitrogens with one attached hydrogen (secondary N) is 1. The van der Waals surface area contributed by atoms with Crippen LogP contribution in [0.4, 0.5) is 11.6 Å². The van der Waals surface area contributed by atoms with Crippen LogP contribution in [0.3, 0.4) is 0 Å². The first-order valence-corrected chi connectivity index (χ1v) is 6.45. The maximum Gasteiger partial charge on any atom is 0.145 e. The van der Waals surface area contributed by atoms with Crippen molar-refractivity contribution in [3.05, 3.63) is 11.9 Å². The van der Waals surface area contributed by atoms with Gasteiger partial charge in [-0.25, -0.2) is 15.8 Å². The minimum atomic E-state index is 0.112. The number of anilines is 2. The maximum absolute atomic E-state index is 9.12. The van der Waals surface area contributed by atoms with Crippen molar-refractivity contribution in [2.45, 2.75) is 33.1 Å². The molecule has 1 aromatic rings. The molecule has 0 aromatic carbocycles. The zero-order chi connectivity index (χ0) is 13.4. The number of hydrogen-bond donors (Lipinski definition) is 3. The standard InChI is InChI=1S/C12H23N5O/c1-3-5-6-17(7-8-18)12-9-11(16-13)14-10(4-2)15-12/h9,18H,3-8,13H2,1-2H3,(H,14,15,16). The second kappa shape index (κ2) is 7.84. The van der Waals surface area contributed by atoms with Crippen molar-refractivity contribution in [1.82, 2.24) is 9.97 Å². The van der Waals surface area contributed by atoms with E-state index < -0.39 is 0 Å². The Bertz CT molecular complexity index is 336. The molecule has 0 unspecified atom stereocenters. The van der Waals surface area contributed by atoms with Gasteiger partial charge in [-0.1, -0.05) is 20.3 Å². The summed E-state index contributed by atoms with van der Waals surface area (Å²) in [7, 11) is 0. The van der Waals surface area contributed by atoms with Crippen molar-refractivity contribution in [1.29, 1.82) is 0 Å². The van der Waals surface area contributed by atoms with E-state index in [1.165, 1.54) is 0 Å². The Morgan fingerprint density at radius 2 is 2.11 bits per heavy atom. The fourth-order valence-corrected chi connectivity index (χ4v) is 1.69. The first kappa shape index (κ1) is 14.7. The number of nitrogens with zero attached hydrogens (tertiary/aromatic N) is 3. The molecule has 0 radical (unpaired) electrons.